The van der Waals surface area contributed by atoms with E-state index in [1.807, 2.05) is 32.3 Å². The van der Waals surface area contributed by atoms with Gasteiger partial charge in [0.15, 0.2) is 0 Å². The van der Waals surface area contributed by atoms with Crippen molar-refractivity contribution in [3.63, 3.8) is 0 Å². The maximum absolute atomic E-state index is 14.8. The maximum Gasteiger partial charge on any atom is 0.146 e. The molecule has 1 N–H and O–H groups in total. The Morgan fingerprint density at radius 1 is 0.844 bits per heavy atom. The van der Waals surface area contributed by atoms with Gasteiger partial charge in [0.05, 0.1) is 19.9 Å². The molecule has 0 saturated heterocycles. The average molecular weight is 437 g/mol. The second-order valence-corrected chi connectivity index (χ2v) is 8.50. The normalized spacial score (nSPS) is 10.9. The number of hydrogen-bond donors (Lipinski definition) is 1. The Hall–Kier alpha value is -3.21. The van der Waals surface area contributed by atoms with Crippen LogP contribution in [0.15, 0.2) is 54.6 Å². The number of methoxy groups -OCH3 is 2. The van der Waals surface area contributed by atoms with Gasteiger partial charge in [-0.1, -0.05) is 32.0 Å². The number of halogens is 1. The lowest BCUT2D eigenvalue weighted by Gasteiger charge is -2.17. The minimum Gasteiger partial charge on any atom is -0.496 e. The summed E-state index contributed by atoms with van der Waals surface area (Å²) in [7, 11) is 7.30. The number of rotatable bonds is 9. The van der Waals surface area contributed by atoms with Gasteiger partial charge in [0, 0.05) is 37.5 Å². The number of ether oxygens (including phenoxy) is 2. The van der Waals surface area contributed by atoms with E-state index in [-0.39, 0.29) is 5.82 Å². The third-order valence-corrected chi connectivity index (χ3v) is 5.53. The van der Waals surface area contributed by atoms with Crippen LogP contribution in [0.25, 0.3) is 22.3 Å². The molecule has 0 atom stereocenters. The van der Waals surface area contributed by atoms with Gasteiger partial charge in [-0.2, -0.15) is 0 Å². The van der Waals surface area contributed by atoms with Gasteiger partial charge in [-0.25, -0.2) is 4.39 Å². The van der Waals surface area contributed by atoms with Crippen molar-refractivity contribution in [1.82, 2.24) is 0 Å². The van der Waals surface area contributed by atoms with Crippen LogP contribution >= 0.6 is 0 Å². The molecule has 3 aromatic carbocycles. The molecule has 0 aliphatic rings. The molecule has 0 aliphatic carbocycles. The van der Waals surface area contributed by atoms with Crippen LogP contribution in [0.3, 0.4) is 0 Å². The summed E-state index contributed by atoms with van der Waals surface area (Å²) >= 11 is 0. The quantitative estimate of drug-likeness (QED) is 0.405. The molecule has 0 fully saturated rings. The molecule has 4 nitrogen and oxygen atoms in total. The lowest BCUT2D eigenvalue weighted by Crippen LogP contribution is -2.07. The van der Waals surface area contributed by atoms with E-state index in [2.05, 4.69) is 48.3 Å². The predicted molar refractivity (Wildman–Crippen MR) is 133 cm³/mol. The van der Waals surface area contributed by atoms with Gasteiger partial charge >= 0.3 is 0 Å². The summed E-state index contributed by atoms with van der Waals surface area (Å²) in [6, 6.07) is 17.3. The van der Waals surface area contributed by atoms with E-state index in [4.69, 9.17) is 9.47 Å². The van der Waals surface area contributed by atoms with Gasteiger partial charge < -0.3 is 19.7 Å². The molecule has 0 spiro atoms. The van der Waals surface area contributed by atoms with Crippen LogP contribution in [0.4, 0.5) is 15.8 Å². The number of nitrogens with one attached hydrogen (secondary N) is 1. The van der Waals surface area contributed by atoms with Crippen LogP contribution in [-0.2, 0) is 0 Å². The summed E-state index contributed by atoms with van der Waals surface area (Å²) in [6.45, 7) is 5.05. The van der Waals surface area contributed by atoms with E-state index >= 15 is 0 Å². The highest BCUT2D eigenvalue weighted by molar-refractivity contribution is 5.82. The minimum absolute atomic E-state index is 0.282. The number of benzene rings is 3. The Kier molecular flexibility index (Phi) is 7.62. The van der Waals surface area contributed by atoms with Crippen LogP contribution in [0, 0.1) is 11.7 Å². The van der Waals surface area contributed by atoms with Crippen molar-refractivity contribution < 1.29 is 13.9 Å². The molecular formula is C27H33FN2O2. The zero-order valence-electron chi connectivity index (χ0n) is 19.8. The second-order valence-electron chi connectivity index (χ2n) is 8.50. The van der Waals surface area contributed by atoms with Gasteiger partial charge in [-0.15, -0.1) is 0 Å². The van der Waals surface area contributed by atoms with Crippen molar-refractivity contribution in [3.05, 3.63) is 60.4 Å². The molecule has 0 saturated carbocycles. The molecule has 3 aromatic rings. The first-order chi connectivity index (χ1) is 15.3. The van der Waals surface area contributed by atoms with E-state index < -0.39 is 0 Å². The molecule has 170 valence electrons. The maximum atomic E-state index is 14.8. The van der Waals surface area contributed by atoms with Crippen LogP contribution in [0.2, 0.25) is 0 Å². The Balaban J connectivity index is 1.96. The molecule has 0 aromatic heterocycles. The van der Waals surface area contributed by atoms with Gasteiger partial charge in [-0.05, 0) is 59.9 Å². The Labute approximate surface area is 191 Å². The summed E-state index contributed by atoms with van der Waals surface area (Å²) in [4.78, 5) is 2.06. The summed E-state index contributed by atoms with van der Waals surface area (Å²) in [5, 5.41) is 3.18. The molecule has 0 aliphatic heterocycles. The van der Waals surface area contributed by atoms with Crippen molar-refractivity contribution in [2.75, 3.05) is 45.1 Å². The molecular weight excluding hydrogens is 403 g/mol. The highest BCUT2D eigenvalue weighted by atomic mass is 19.1. The smallest absolute Gasteiger partial charge is 0.146 e. The fourth-order valence-electron chi connectivity index (χ4n) is 3.61. The van der Waals surface area contributed by atoms with Crippen molar-refractivity contribution >= 4 is 11.4 Å². The molecule has 0 unspecified atom stereocenters. The van der Waals surface area contributed by atoms with E-state index in [0.717, 1.165) is 40.9 Å². The Morgan fingerprint density at radius 2 is 1.41 bits per heavy atom. The molecule has 32 heavy (non-hydrogen) atoms. The second kappa shape index (κ2) is 10.4. The lowest BCUT2D eigenvalue weighted by atomic mass is 9.97. The van der Waals surface area contributed by atoms with Gasteiger partial charge in [-0.3, -0.25) is 0 Å². The lowest BCUT2D eigenvalue weighted by molar-refractivity contribution is 0.406. The molecule has 0 heterocycles. The van der Waals surface area contributed by atoms with Crippen LogP contribution in [0.1, 0.15) is 20.3 Å². The largest absolute Gasteiger partial charge is 0.496 e. The number of hydrogen-bond acceptors (Lipinski definition) is 4. The van der Waals surface area contributed by atoms with E-state index in [1.165, 1.54) is 0 Å². The molecule has 0 radical (unpaired) electrons. The Morgan fingerprint density at radius 3 is 1.91 bits per heavy atom. The summed E-state index contributed by atoms with van der Waals surface area (Å²) < 4.78 is 26.2. The molecule has 3 rings (SSSR count). The topological polar surface area (TPSA) is 33.7 Å². The van der Waals surface area contributed by atoms with Crippen LogP contribution in [-0.4, -0.2) is 34.9 Å². The Bertz CT molecular complexity index is 1050. The summed E-state index contributed by atoms with van der Waals surface area (Å²) in [5.74, 6) is 1.66. The number of anilines is 2. The van der Waals surface area contributed by atoms with Gasteiger partial charge in [0.1, 0.15) is 17.3 Å². The minimum atomic E-state index is -0.282. The van der Waals surface area contributed by atoms with Crippen LogP contribution < -0.4 is 19.7 Å². The van der Waals surface area contributed by atoms with Crippen molar-refractivity contribution in [3.8, 4) is 33.8 Å². The third kappa shape index (κ3) is 5.34. The highest BCUT2D eigenvalue weighted by Crippen LogP contribution is 2.41. The first-order valence-electron chi connectivity index (χ1n) is 10.9. The average Bonchev–Trinajstić information content (AvgIpc) is 2.79. The van der Waals surface area contributed by atoms with E-state index in [0.29, 0.717) is 23.1 Å². The summed E-state index contributed by atoms with van der Waals surface area (Å²) in [5.41, 5.74) is 5.10. The SMILES string of the molecule is COc1cc(-c2ccc(NCCC(C)C)c(F)c2)c(OC)cc1-c1ccc(N(C)C)cc1. The van der Waals surface area contributed by atoms with Crippen molar-refractivity contribution in [2.24, 2.45) is 5.92 Å². The van der Waals surface area contributed by atoms with Gasteiger partial charge in [0.25, 0.3) is 0 Å². The first-order valence-corrected chi connectivity index (χ1v) is 10.9. The highest BCUT2D eigenvalue weighted by Gasteiger charge is 2.16. The standard InChI is InChI=1S/C27H33FN2O2/c1-18(2)13-14-29-25-12-9-20(15-24(25)28)23-17-26(31-5)22(16-27(23)32-6)19-7-10-21(11-8-19)30(3)4/h7-12,15-18,29H,13-14H2,1-6H3. The third-order valence-electron chi connectivity index (χ3n) is 5.53. The predicted octanol–water partition coefficient (Wildman–Crippen LogP) is 6.70. The first kappa shape index (κ1) is 23.5. The van der Waals surface area contributed by atoms with Gasteiger partial charge in [0.2, 0.25) is 0 Å². The summed E-state index contributed by atoms with van der Waals surface area (Å²) in [6.07, 6.45) is 0.989. The fourth-order valence-corrected chi connectivity index (χ4v) is 3.61. The van der Waals surface area contributed by atoms with Crippen molar-refractivity contribution in [2.45, 2.75) is 20.3 Å². The monoisotopic (exact) mass is 436 g/mol. The van der Waals surface area contributed by atoms with Crippen molar-refractivity contribution in [1.29, 1.82) is 0 Å². The number of nitrogens with zero attached hydrogens (tertiary/aromatic N) is 1. The van der Waals surface area contributed by atoms with E-state index in [1.54, 1.807) is 26.4 Å². The van der Waals surface area contributed by atoms with Crippen LogP contribution in [0.5, 0.6) is 11.5 Å². The zero-order valence-corrected chi connectivity index (χ0v) is 19.8. The molecule has 0 amide bonds. The zero-order chi connectivity index (χ0) is 23.3. The molecule has 5 heteroatoms. The fraction of sp³-hybridized carbons (Fsp3) is 0.333. The molecule has 0 bridgehead atoms. The van der Waals surface area contributed by atoms with E-state index in [9.17, 15) is 4.39 Å².